The number of hydrogen-bond donors (Lipinski definition) is 0. The molecule has 0 fully saturated rings. The highest BCUT2D eigenvalue weighted by molar-refractivity contribution is 5.85. The van der Waals surface area contributed by atoms with Crippen molar-refractivity contribution < 1.29 is 14.3 Å². The van der Waals surface area contributed by atoms with Crippen molar-refractivity contribution in [2.75, 3.05) is 6.61 Å². The summed E-state index contributed by atoms with van der Waals surface area (Å²) in [6, 6.07) is -0.447. The van der Waals surface area contributed by atoms with E-state index >= 15 is 0 Å². The van der Waals surface area contributed by atoms with E-state index in [0.29, 0.717) is 13.0 Å². The summed E-state index contributed by atoms with van der Waals surface area (Å²) in [7, 11) is 0. The first-order chi connectivity index (χ1) is 6.16. The zero-order valence-corrected chi connectivity index (χ0v) is 7.82. The minimum absolute atomic E-state index is 0.133. The third-order valence-electron chi connectivity index (χ3n) is 1.88. The maximum atomic E-state index is 11.3. The Kier molecular flexibility index (Phi) is 3.06. The molecule has 0 aromatic heterocycles. The molecule has 0 saturated carbocycles. The first kappa shape index (κ1) is 9.77. The third-order valence-corrected chi connectivity index (χ3v) is 1.88. The highest BCUT2D eigenvalue weighted by Gasteiger charge is 2.29. The fraction of sp³-hybridized carbons (Fsp3) is 0.556. The lowest BCUT2D eigenvalue weighted by Crippen LogP contribution is -2.38. The van der Waals surface area contributed by atoms with E-state index in [-0.39, 0.29) is 11.9 Å². The van der Waals surface area contributed by atoms with Crippen molar-refractivity contribution in [2.24, 2.45) is 0 Å². The van der Waals surface area contributed by atoms with Crippen LogP contribution >= 0.6 is 0 Å². The predicted molar refractivity (Wildman–Crippen MR) is 46.7 cm³/mol. The molecule has 0 spiro atoms. The van der Waals surface area contributed by atoms with Crippen molar-refractivity contribution in [3.8, 4) is 0 Å². The number of nitrogens with zero attached hydrogens (tertiary/aromatic N) is 1. The number of amides is 1. The summed E-state index contributed by atoms with van der Waals surface area (Å²) in [5.74, 6) is -0.463. The molecule has 13 heavy (non-hydrogen) atoms. The smallest absolute Gasteiger partial charge is 0.329 e. The summed E-state index contributed by atoms with van der Waals surface area (Å²) in [5, 5.41) is 0. The van der Waals surface area contributed by atoms with Crippen LogP contribution in [0.4, 0.5) is 0 Å². The second-order valence-corrected chi connectivity index (χ2v) is 2.81. The molecule has 1 unspecified atom stereocenters. The lowest BCUT2D eigenvalue weighted by atomic mass is 10.2. The molecular weight excluding hydrogens is 170 g/mol. The average Bonchev–Trinajstić information content (AvgIpc) is 2.52. The van der Waals surface area contributed by atoms with Crippen LogP contribution in [0.25, 0.3) is 0 Å². The van der Waals surface area contributed by atoms with Crippen LogP contribution in [0.3, 0.4) is 0 Å². The first-order valence-electron chi connectivity index (χ1n) is 4.29. The summed E-state index contributed by atoms with van der Waals surface area (Å²) in [6.45, 7) is 3.53. The molecule has 0 radical (unpaired) electrons. The third kappa shape index (κ3) is 2.08. The number of carbonyl (C=O) groups excluding carboxylic acids is 2. The quantitative estimate of drug-likeness (QED) is 0.591. The lowest BCUT2D eigenvalue weighted by Gasteiger charge is -2.20. The predicted octanol–water partition coefficient (Wildman–Crippen LogP) is 0.684. The highest BCUT2D eigenvalue weighted by Crippen LogP contribution is 2.15. The molecule has 1 aliphatic rings. The molecule has 0 N–H and O–H groups in total. The Morgan fingerprint density at radius 3 is 2.85 bits per heavy atom. The van der Waals surface area contributed by atoms with Gasteiger partial charge in [-0.15, -0.1) is 0 Å². The number of carbonyl (C=O) groups is 2. The Bertz CT molecular complexity index is 247. The van der Waals surface area contributed by atoms with E-state index in [1.807, 2.05) is 0 Å². The van der Waals surface area contributed by atoms with Gasteiger partial charge in [-0.1, -0.05) is 6.08 Å². The first-order valence-corrected chi connectivity index (χ1v) is 4.29. The molecule has 1 aliphatic heterocycles. The van der Waals surface area contributed by atoms with Crippen molar-refractivity contribution in [2.45, 2.75) is 26.3 Å². The van der Waals surface area contributed by atoms with Gasteiger partial charge in [-0.05, 0) is 13.3 Å². The molecule has 1 atom stereocenters. The van der Waals surface area contributed by atoms with Gasteiger partial charge >= 0.3 is 5.97 Å². The number of rotatable bonds is 2. The average molecular weight is 183 g/mol. The van der Waals surface area contributed by atoms with E-state index in [1.165, 1.54) is 11.8 Å². The maximum Gasteiger partial charge on any atom is 0.329 e. The molecule has 1 amide bonds. The molecule has 1 rings (SSSR count). The summed E-state index contributed by atoms with van der Waals surface area (Å²) in [4.78, 5) is 23.7. The fourth-order valence-electron chi connectivity index (χ4n) is 1.29. The highest BCUT2D eigenvalue weighted by atomic mass is 16.5. The van der Waals surface area contributed by atoms with Gasteiger partial charge in [-0.3, -0.25) is 4.79 Å². The molecule has 0 aromatic carbocycles. The summed E-state index contributed by atoms with van der Waals surface area (Å²) < 4.78 is 4.83. The van der Waals surface area contributed by atoms with E-state index < -0.39 is 6.04 Å². The Morgan fingerprint density at radius 2 is 2.31 bits per heavy atom. The SMILES string of the molecule is CCOC(=O)C1CC=CN1C(C)=O. The zero-order valence-electron chi connectivity index (χ0n) is 7.82. The van der Waals surface area contributed by atoms with Crippen molar-refractivity contribution in [1.29, 1.82) is 0 Å². The summed E-state index contributed by atoms with van der Waals surface area (Å²) in [5.41, 5.74) is 0. The van der Waals surface area contributed by atoms with Crippen LogP contribution < -0.4 is 0 Å². The summed E-state index contributed by atoms with van der Waals surface area (Å²) in [6.07, 6.45) is 3.98. The van der Waals surface area contributed by atoms with E-state index in [4.69, 9.17) is 4.74 Å². The zero-order chi connectivity index (χ0) is 9.84. The molecular formula is C9H13NO3. The van der Waals surface area contributed by atoms with Gasteiger partial charge in [-0.2, -0.15) is 0 Å². The fourth-order valence-corrected chi connectivity index (χ4v) is 1.29. The second kappa shape index (κ2) is 4.07. The topological polar surface area (TPSA) is 46.6 Å². The normalized spacial score (nSPS) is 20.5. The summed E-state index contributed by atoms with van der Waals surface area (Å²) >= 11 is 0. The van der Waals surface area contributed by atoms with Crippen LogP contribution in [0.5, 0.6) is 0 Å². The minimum Gasteiger partial charge on any atom is -0.464 e. The standard InChI is InChI=1S/C9H13NO3/c1-3-13-9(12)8-5-4-6-10(8)7(2)11/h4,6,8H,3,5H2,1-2H3. The van der Waals surface area contributed by atoms with Crippen LogP contribution in [0, 0.1) is 0 Å². The van der Waals surface area contributed by atoms with E-state index in [0.717, 1.165) is 0 Å². The van der Waals surface area contributed by atoms with Crippen LogP contribution in [-0.4, -0.2) is 29.4 Å². The molecule has 1 heterocycles. The van der Waals surface area contributed by atoms with Crippen molar-refractivity contribution in [1.82, 2.24) is 4.90 Å². The van der Waals surface area contributed by atoms with E-state index in [9.17, 15) is 9.59 Å². The lowest BCUT2D eigenvalue weighted by molar-refractivity contribution is -0.151. The van der Waals surface area contributed by atoms with Gasteiger partial charge in [0.2, 0.25) is 5.91 Å². The molecule has 4 heteroatoms. The van der Waals surface area contributed by atoms with Gasteiger partial charge in [0, 0.05) is 13.1 Å². The van der Waals surface area contributed by atoms with Crippen molar-refractivity contribution >= 4 is 11.9 Å². The Hall–Kier alpha value is -1.32. The van der Waals surface area contributed by atoms with Gasteiger partial charge in [0.05, 0.1) is 6.61 Å². The van der Waals surface area contributed by atoms with Crippen LogP contribution in [0.1, 0.15) is 20.3 Å². The molecule has 0 aliphatic carbocycles. The molecule has 4 nitrogen and oxygen atoms in total. The van der Waals surface area contributed by atoms with Crippen LogP contribution in [0.2, 0.25) is 0 Å². The van der Waals surface area contributed by atoms with Gasteiger partial charge in [0.25, 0.3) is 0 Å². The molecule has 0 aromatic rings. The maximum absolute atomic E-state index is 11.3. The van der Waals surface area contributed by atoms with Gasteiger partial charge < -0.3 is 9.64 Å². The van der Waals surface area contributed by atoms with Crippen LogP contribution in [0.15, 0.2) is 12.3 Å². The van der Waals surface area contributed by atoms with Gasteiger partial charge in [-0.25, -0.2) is 4.79 Å². The van der Waals surface area contributed by atoms with Gasteiger partial charge in [0.1, 0.15) is 6.04 Å². The Balaban J connectivity index is 2.61. The van der Waals surface area contributed by atoms with Gasteiger partial charge in [0.15, 0.2) is 0 Å². The van der Waals surface area contributed by atoms with Crippen molar-refractivity contribution in [3.63, 3.8) is 0 Å². The largest absolute Gasteiger partial charge is 0.464 e. The molecule has 0 saturated heterocycles. The van der Waals surface area contributed by atoms with Crippen LogP contribution in [-0.2, 0) is 14.3 Å². The van der Waals surface area contributed by atoms with E-state index in [2.05, 4.69) is 0 Å². The number of ether oxygens (including phenoxy) is 1. The molecule has 72 valence electrons. The Morgan fingerprint density at radius 1 is 1.62 bits per heavy atom. The second-order valence-electron chi connectivity index (χ2n) is 2.81. The van der Waals surface area contributed by atoms with E-state index in [1.54, 1.807) is 19.2 Å². The monoisotopic (exact) mass is 183 g/mol. The van der Waals surface area contributed by atoms with Crippen molar-refractivity contribution in [3.05, 3.63) is 12.3 Å². The minimum atomic E-state index is -0.447. The Labute approximate surface area is 77.2 Å². The number of hydrogen-bond acceptors (Lipinski definition) is 3. The molecule has 0 bridgehead atoms. The number of esters is 1.